The van der Waals surface area contributed by atoms with E-state index in [0.29, 0.717) is 0 Å². The maximum Gasteiger partial charge on any atom is 0.0584 e. The number of aliphatic hydroxyl groups is 1. The number of hydrogen-bond acceptors (Lipinski definition) is 3. The van der Waals surface area contributed by atoms with Crippen LogP contribution in [-0.4, -0.2) is 42.8 Å². The fraction of sp³-hybridized carbons (Fsp3) is 1.00. The summed E-state index contributed by atoms with van der Waals surface area (Å²) in [6.07, 6.45) is 3.48. The fourth-order valence-electron chi connectivity index (χ4n) is 1.04. The van der Waals surface area contributed by atoms with Crippen LogP contribution in [0.15, 0.2) is 0 Å². The first-order valence-electron chi connectivity index (χ1n) is 4.73. The Bertz CT molecular complexity index is 98.5. The molecule has 3 N–H and O–H groups in total. The minimum Gasteiger partial charge on any atom is -0.395 e. The van der Waals surface area contributed by atoms with Crippen molar-refractivity contribution in [2.24, 2.45) is 5.73 Å². The number of rotatable bonds is 7. The molecule has 3 nitrogen and oxygen atoms in total. The molecule has 0 aliphatic heterocycles. The second-order valence-corrected chi connectivity index (χ2v) is 3.36. The van der Waals surface area contributed by atoms with Crippen molar-refractivity contribution in [1.29, 1.82) is 0 Å². The van der Waals surface area contributed by atoms with E-state index in [9.17, 15) is 0 Å². The average Bonchev–Trinajstić information content (AvgIpc) is 2.10. The number of aliphatic hydroxyl groups excluding tert-OH is 1. The van der Waals surface area contributed by atoms with E-state index in [2.05, 4.69) is 4.90 Å². The fourth-order valence-corrected chi connectivity index (χ4v) is 1.04. The Morgan fingerprint density at radius 2 is 2.00 bits per heavy atom. The maximum atomic E-state index is 8.85. The number of unbranched alkanes of at least 4 members (excludes halogenated alkanes) is 2. The van der Waals surface area contributed by atoms with Crippen LogP contribution in [0.3, 0.4) is 0 Å². The van der Waals surface area contributed by atoms with Gasteiger partial charge in [0.2, 0.25) is 0 Å². The van der Waals surface area contributed by atoms with Gasteiger partial charge in [-0.1, -0.05) is 6.42 Å². The summed E-state index contributed by atoms with van der Waals surface area (Å²) in [4.78, 5) is 2.18. The van der Waals surface area contributed by atoms with Crippen LogP contribution < -0.4 is 5.73 Å². The monoisotopic (exact) mass is 174 g/mol. The Labute approximate surface area is 75.6 Å². The van der Waals surface area contributed by atoms with Crippen LogP contribution in [0.25, 0.3) is 0 Å². The van der Waals surface area contributed by atoms with E-state index in [0.717, 1.165) is 19.5 Å². The van der Waals surface area contributed by atoms with Gasteiger partial charge in [-0.15, -0.1) is 0 Å². The molecule has 0 saturated carbocycles. The number of likely N-dealkylation sites (N-methyl/N-ethyl adjacent to an activating group) is 1. The zero-order valence-corrected chi connectivity index (χ0v) is 8.29. The summed E-state index contributed by atoms with van der Waals surface area (Å²) in [6, 6.07) is 0.280. The maximum absolute atomic E-state index is 8.85. The summed E-state index contributed by atoms with van der Waals surface area (Å²) in [6.45, 7) is 4.12. The average molecular weight is 174 g/mol. The highest BCUT2D eigenvalue weighted by molar-refractivity contribution is 4.60. The highest BCUT2D eigenvalue weighted by Crippen LogP contribution is 1.99. The van der Waals surface area contributed by atoms with Gasteiger partial charge in [0.15, 0.2) is 0 Å². The predicted octanol–water partition coefficient (Wildman–Crippen LogP) is 0.428. The van der Waals surface area contributed by atoms with E-state index in [1.165, 1.54) is 12.8 Å². The molecule has 0 aliphatic rings. The van der Waals surface area contributed by atoms with E-state index < -0.39 is 0 Å². The van der Waals surface area contributed by atoms with Crippen LogP contribution >= 0.6 is 0 Å². The quantitative estimate of drug-likeness (QED) is 0.550. The summed E-state index contributed by atoms with van der Waals surface area (Å²) in [5.74, 6) is 0. The van der Waals surface area contributed by atoms with E-state index in [-0.39, 0.29) is 12.6 Å². The topological polar surface area (TPSA) is 49.5 Å². The van der Waals surface area contributed by atoms with Crippen molar-refractivity contribution in [3.8, 4) is 0 Å². The van der Waals surface area contributed by atoms with Gasteiger partial charge in [0.25, 0.3) is 0 Å². The van der Waals surface area contributed by atoms with Gasteiger partial charge in [-0.3, -0.25) is 0 Å². The van der Waals surface area contributed by atoms with E-state index in [1.54, 1.807) is 0 Å². The zero-order valence-electron chi connectivity index (χ0n) is 8.29. The molecule has 0 aromatic rings. The Hall–Kier alpha value is -0.120. The molecule has 0 amide bonds. The van der Waals surface area contributed by atoms with Crippen LogP contribution in [0.2, 0.25) is 0 Å². The molecule has 0 rings (SSSR count). The van der Waals surface area contributed by atoms with Gasteiger partial charge in [-0.25, -0.2) is 0 Å². The molecule has 0 heterocycles. The largest absolute Gasteiger partial charge is 0.395 e. The Morgan fingerprint density at radius 3 is 2.50 bits per heavy atom. The normalized spacial score (nSPS) is 13.8. The molecule has 12 heavy (non-hydrogen) atoms. The minimum atomic E-state index is 0.243. The van der Waals surface area contributed by atoms with Crippen molar-refractivity contribution < 1.29 is 5.11 Å². The van der Waals surface area contributed by atoms with Gasteiger partial charge in [-0.2, -0.15) is 0 Å². The van der Waals surface area contributed by atoms with Crippen molar-refractivity contribution in [3.05, 3.63) is 0 Å². The lowest BCUT2D eigenvalue weighted by molar-refractivity contribution is 0.157. The molecule has 0 spiro atoms. The molecule has 74 valence electrons. The molecule has 0 bridgehead atoms. The van der Waals surface area contributed by atoms with Crippen LogP contribution in [0.5, 0.6) is 0 Å². The zero-order chi connectivity index (χ0) is 9.40. The summed E-state index contributed by atoms with van der Waals surface area (Å²) in [7, 11) is 2.04. The molecule has 0 radical (unpaired) electrons. The molecule has 0 aliphatic carbocycles. The third kappa shape index (κ3) is 5.52. The highest BCUT2D eigenvalue weighted by atomic mass is 16.3. The van der Waals surface area contributed by atoms with E-state index in [4.69, 9.17) is 10.8 Å². The second-order valence-electron chi connectivity index (χ2n) is 3.36. The number of nitrogens with zero attached hydrogens (tertiary/aromatic N) is 1. The van der Waals surface area contributed by atoms with Crippen LogP contribution in [0.1, 0.15) is 26.2 Å². The van der Waals surface area contributed by atoms with Crippen molar-refractivity contribution in [2.75, 3.05) is 26.7 Å². The standard InChI is InChI=1S/C9H22N2O/c1-9(8-12)11(2)7-5-3-4-6-10/h9,12H,3-8,10H2,1-2H3. The van der Waals surface area contributed by atoms with E-state index >= 15 is 0 Å². The lowest BCUT2D eigenvalue weighted by Gasteiger charge is -2.22. The lowest BCUT2D eigenvalue weighted by Crippen LogP contribution is -2.32. The summed E-state index contributed by atoms with van der Waals surface area (Å²) >= 11 is 0. The smallest absolute Gasteiger partial charge is 0.0584 e. The Kier molecular flexibility index (Phi) is 7.45. The van der Waals surface area contributed by atoms with Gasteiger partial charge in [0.05, 0.1) is 6.61 Å². The first-order chi connectivity index (χ1) is 5.72. The third-order valence-electron chi connectivity index (χ3n) is 2.23. The lowest BCUT2D eigenvalue weighted by atomic mass is 10.2. The summed E-state index contributed by atoms with van der Waals surface area (Å²) in [5, 5.41) is 8.85. The minimum absolute atomic E-state index is 0.243. The van der Waals surface area contributed by atoms with Crippen molar-refractivity contribution in [2.45, 2.75) is 32.2 Å². The van der Waals surface area contributed by atoms with Crippen LogP contribution in [-0.2, 0) is 0 Å². The molecule has 0 aromatic carbocycles. The van der Waals surface area contributed by atoms with Gasteiger partial charge in [0, 0.05) is 6.04 Å². The molecule has 0 fully saturated rings. The second kappa shape index (κ2) is 7.53. The van der Waals surface area contributed by atoms with Gasteiger partial charge in [0.1, 0.15) is 0 Å². The Morgan fingerprint density at radius 1 is 1.33 bits per heavy atom. The highest BCUT2D eigenvalue weighted by Gasteiger charge is 2.05. The van der Waals surface area contributed by atoms with Crippen molar-refractivity contribution in [1.82, 2.24) is 4.90 Å². The Balaban J connectivity index is 3.24. The number of hydrogen-bond donors (Lipinski definition) is 2. The van der Waals surface area contributed by atoms with Gasteiger partial charge >= 0.3 is 0 Å². The first kappa shape index (κ1) is 11.9. The summed E-state index contributed by atoms with van der Waals surface area (Å²) < 4.78 is 0. The van der Waals surface area contributed by atoms with Crippen molar-refractivity contribution >= 4 is 0 Å². The molecule has 0 saturated heterocycles. The van der Waals surface area contributed by atoms with Gasteiger partial charge in [-0.05, 0) is 39.9 Å². The molecule has 1 atom stereocenters. The van der Waals surface area contributed by atoms with Gasteiger partial charge < -0.3 is 15.7 Å². The molecular weight excluding hydrogens is 152 g/mol. The number of nitrogens with two attached hydrogens (primary N) is 1. The predicted molar refractivity (Wildman–Crippen MR) is 52.1 cm³/mol. The van der Waals surface area contributed by atoms with Crippen LogP contribution in [0, 0.1) is 0 Å². The molecule has 1 unspecified atom stereocenters. The summed E-state index contributed by atoms with van der Waals surface area (Å²) in [5.41, 5.74) is 5.38. The van der Waals surface area contributed by atoms with E-state index in [1.807, 2.05) is 14.0 Å². The molecule has 0 aromatic heterocycles. The first-order valence-corrected chi connectivity index (χ1v) is 4.73. The van der Waals surface area contributed by atoms with Crippen LogP contribution in [0.4, 0.5) is 0 Å². The van der Waals surface area contributed by atoms with Crippen molar-refractivity contribution in [3.63, 3.8) is 0 Å². The third-order valence-corrected chi connectivity index (χ3v) is 2.23. The SMILES string of the molecule is CC(CO)N(C)CCCCCN. The molecular formula is C9H22N2O. The molecule has 3 heteroatoms.